The lowest BCUT2D eigenvalue weighted by Gasteiger charge is -2.11. The van der Waals surface area contributed by atoms with Gasteiger partial charge in [0, 0.05) is 18.5 Å². The van der Waals surface area contributed by atoms with E-state index in [4.69, 9.17) is 0 Å². The van der Waals surface area contributed by atoms with Crippen LogP contribution in [0.3, 0.4) is 0 Å². The Balaban J connectivity index is 1.49. The Morgan fingerprint density at radius 2 is 1.68 bits per heavy atom. The van der Waals surface area contributed by atoms with E-state index in [9.17, 15) is 12.8 Å². The van der Waals surface area contributed by atoms with Crippen LogP contribution in [0.15, 0.2) is 78.0 Å². The summed E-state index contributed by atoms with van der Waals surface area (Å²) in [6.07, 6.45) is 1.50. The second-order valence-corrected chi connectivity index (χ2v) is 8.97. The van der Waals surface area contributed by atoms with Crippen LogP contribution in [0.1, 0.15) is 16.7 Å². The first kappa shape index (κ1) is 20.9. The van der Waals surface area contributed by atoms with E-state index in [0.717, 1.165) is 22.0 Å². The zero-order valence-corrected chi connectivity index (χ0v) is 17.7. The molecule has 0 aliphatic rings. The number of aryl methyl sites for hydroxylation is 1. The van der Waals surface area contributed by atoms with Gasteiger partial charge in [-0.1, -0.05) is 35.9 Å². The van der Waals surface area contributed by atoms with E-state index in [1.807, 2.05) is 31.2 Å². The maximum Gasteiger partial charge on any atom is 0.240 e. The van der Waals surface area contributed by atoms with Gasteiger partial charge < -0.3 is 5.32 Å². The van der Waals surface area contributed by atoms with Gasteiger partial charge in [-0.3, -0.25) is 0 Å². The maximum absolute atomic E-state index is 13.3. The van der Waals surface area contributed by atoms with Crippen molar-refractivity contribution in [2.75, 3.05) is 5.32 Å². The molecule has 6 nitrogen and oxygen atoms in total. The molecule has 0 aliphatic heterocycles. The molecule has 1 aromatic heterocycles. The minimum Gasteiger partial charge on any atom is -0.365 e. The van der Waals surface area contributed by atoms with Crippen LogP contribution in [0.25, 0.3) is 10.9 Å². The van der Waals surface area contributed by atoms with E-state index in [1.165, 1.54) is 24.5 Å². The molecular weight excluding hydrogens is 415 g/mol. The minimum absolute atomic E-state index is 0.00878. The predicted octanol–water partition coefficient (Wildman–Crippen LogP) is 4.17. The summed E-state index contributed by atoms with van der Waals surface area (Å²) in [4.78, 5) is 8.74. The average molecular weight is 437 g/mol. The summed E-state index contributed by atoms with van der Waals surface area (Å²) in [6.45, 7) is 2.41. The van der Waals surface area contributed by atoms with Crippen LogP contribution in [0.2, 0.25) is 0 Å². The van der Waals surface area contributed by atoms with Gasteiger partial charge in [0.2, 0.25) is 10.0 Å². The highest BCUT2D eigenvalue weighted by Gasteiger charge is 2.14. The molecule has 0 saturated heterocycles. The fourth-order valence-corrected chi connectivity index (χ4v) is 4.32. The Kier molecular flexibility index (Phi) is 5.92. The lowest BCUT2D eigenvalue weighted by Crippen LogP contribution is -2.23. The molecule has 0 amide bonds. The van der Waals surface area contributed by atoms with Crippen LogP contribution in [0.5, 0.6) is 0 Å². The largest absolute Gasteiger partial charge is 0.365 e. The van der Waals surface area contributed by atoms with E-state index in [0.29, 0.717) is 17.9 Å². The fraction of sp³-hybridized carbons (Fsp3) is 0.130. The standard InChI is InChI=1S/C23H21FN4O2S/c1-16-8-9-22-21(10-16)23(27-15-26-22)25-13-18-5-3-7-20(12-18)31(29,30)28-14-17-4-2-6-19(24)11-17/h2-12,15,28H,13-14H2,1H3,(H,25,26,27). The molecule has 2 N–H and O–H groups in total. The SMILES string of the molecule is Cc1ccc2ncnc(NCc3cccc(S(=O)(=O)NCc4cccc(F)c4)c3)c2c1. The molecule has 0 fully saturated rings. The Bertz CT molecular complexity index is 1340. The van der Waals surface area contributed by atoms with Gasteiger partial charge in [0.1, 0.15) is 18.0 Å². The van der Waals surface area contributed by atoms with Gasteiger partial charge in [0.15, 0.2) is 0 Å². The lowest BCUT2D eigenvalue weighted by molar-refractivity contribution is 0.580. The number of benzene rings is 3. The van der Waals surface area contributed by atoms with Crippen LogP contribution in [0.4, 0.5) is 10.2 Å². The molecule has 0 atom stereocenters. The van der Waals surface area contributed by atoms with Crippen LogP contribution in [0, 0.1) is 12.7 Å². The molecule has 158 valence electrons. The van der Waals surface area contributed by atoms with E-state index in [-0.39, 0.29) is 11.4 Å². The summed E-state index contributed by atoms with van der Waals surface area (Å²) in [6, 6.07) is 18.4. The second kappa shape index (κ2) is 8.79. The highest BCUT2D eigenvalue weighted by atomic mass is 32.2. The summed E-state index contributed by atoms with van der Waals surface area (Å²) in [7, 11) is -3.74. The monoisotopic (exact) mass is 436 g/mol. The third-order valence-electron chi connectivity index (χ3n) is 4.81. The molecule has 0 aliphatic carbocycles. The van der Waals surface area contributed by atoms with E-state index < -0.39 is 15.8 Å². The number of anilines is 1. The lowest BCUT2D eigenvalue weighted by atomic mass is 10.1. The number of halogens is 1. The van der Waals surface area contributed by atoms with E-state index in [1.54, 1.807) is 24.3 Å². The van der Waals surface area contributed by atoms with Crippen molar-refractivity contribution >= 4 is 26.7 Å². The summed E-state index contributed by atoms with van der Waals surface area (Å²) < 4.78 is 41.2. The van der Waals surface area contributed by atoms with Crippen molar-refractivity contribution in [3.8, 4) is 0 Å². The Labute approximate surface area is 180 Å². The highest BCUT2D eigenvalue weighted by Crippen LogP contribution is 2.21. The number of nitrogens with zero attached hydrogens (tertiary/aromatic N) is 2. The smallest absolute Gasteiger partial charge is 0.240 e. The molecule has 0 unspecified atom stereocenters. The predicted molar refractivity (Wildman–Crippen MR) is 118 cm³/mol. The number of hydrogen-bond donors (Lipinski definition) is 2. The normalized spacial score (nSPS) is 11.5. The first-order chi connectivity index (χ1) is 14.9. The molecular formula is C23H21FN4O2S. The van der Waals surface area contributed by atoms with E-state index in [2.05, 4.69) is 20.0 Å². The Hall–Kier alpha value is -3.36. The minimum atomic E-state index is -3.74. The van der Waals surface area contributed by atoms with Gasteiger partial charge in [-0.05, 0) is 54.4 Å². The average Bonchev–Trinajstić information content (AvgIpc) is 2.77. The van der Waals surface area contributed by atoms with Crippen LogP contribution < -0.4 is 10.0 Å². The maximum atomic E-state index is 13.3. The Morgan fingerprint density at radius 3 is 2.48 bits per heavy atom. The summed E-state index contributed by atoms with van der Waals surface area (Å²) >= 11 is 0. The van der Waals surface area contributed by atoms with Crippen LogP contribution in [-0.4, -0.2) is 18.4 Å². The zero-order chi connectivity index (χ0) is 21.8. The fourth-order valence-electron chi connectivity index (χ4n) is 3.23. The third-order valence-corrected chi connectivity index (χ3v) is 6.21. The van der Waals surface area contributed by atoms with Crippen LogP contribution >= 0.6 is 0 Å². The van der Waals surface area contributed by atoms with Gasteiger partial charge >= 0.3 is 0 Å². The summed E-state index contributed by atoms with van der Waals surface area (Å²) in [5.74, 6) is 0.281. The molecule has 8 heteroatoms. The number of hydrogen-bond acceptors (Lipinski definition) is 5. The molecule has 0 bridgehead atoms. The molecule has 31 heavy (non-hydrogen) atoms. The quantitative estimate of drug-likeness (QED) is 0.454. The summed E-state index contributed by atoms with van der Waals surface area (Å²) in [5.41, 5.74) is 3.27. The van der Waals surface area contributed by atoms with Crippen molar-refractivity contribution in [3.63, 3.8) is 0 Å². The van der Waals surface area contributed by atoms with Gasteiger partial charge in [-0.25, -0.2) is 27.5 Å². The zero-order valence-electron chi connectivity index (χ0n) is 16.8. The summed E-state index contributed by atoms with van der Waals surface area (Å²) in [5, 5.41) is 4.17. The van der Waals surface area contributed by atoms with Crippen molar-refractivity contribution in [1.82, 2.24) is 14.7 Å². The van der Waals surface area contributed by atoms with Gasteiger partial charge in [-0.15, -0.1) is 0 Å². The molecule has 4 rings (SSSR count). The van der Waals surface area contributed by atoms with Crippen molar-refractivity contribution in [1.29, 1.82) is 0 Å². The first-order valence-electron chi connectivity index (χ1n) is 9.69. The van der Waals surface area contributed by atoms with Crippen molar-refractivity contribution in [3.05, 3.63) is 95.6 Å². The van der Waals surface area contributed by atoms with Crippen molar-refractivity contribution in [2.45, 2.75) is 24.9 Å². The van der Waals surface area contributed by atoms with E-state index >= 15 is 0 Å². The molecule has 0 spiro atoms. The third kappa shape index (κ3) is 5.04. The number of nitrogens with one attached hydrogen (secondary N) is 2. The first-order valence-corrected chi connectivity index (χ1v) is 11.2. The van der Waals surface area contributed by atoms with Gasteiger partial charge in [-0.2, -0.15) is 0 Å². The Morgan fingerprint density at radius 1 is 0.903 bits per heavy atom. The molecule has 1 heterocycles. The topological polar surface area (TPSA) is 84.0 Å². The number of rotatable bonds is 7. The molecule has 0 radical (unpaired) electrons. The number of aromatic nitrogens is 2. The highest BCUT2D eigenvalue weighted by molar-refractivity contribution is 7.89. The van der Waals surface area contributed by atoms with Crippen molar-refractivity contribution < 1.29 is 12.8 Å². The molecule has 3 aromatic carbocycles. The van der Waals surface area contributed by atoms with Gasteiger partial charge in [0.25, 0.3) is 0 Å². The molecule has 0 saturated carbocycles. The number of fused-ring (bicyclic) bond motifs is 1. The van der Waals surface area contributed by atoms with Crippen molar-refractivity contribution in [2.24, 2.45) is 0 Å². The molecule has 4 aromatic rings. The number of sulfonamides is 1. The second-order valence-electron chi connectivity index (χ2n) is 7.20. The van der Waals surface area contributed by atoms with Gasteiger partial charge in [0.05, 0.1) is 10.4 Å². The van der Waals surface area contributed by atoms with Crippen LogP contribution in [-0.2, 0) is 23.1 Å².